The third kappa shape index (κ3) is 5.77. The summed E-state index contributed by atoms with van der Waals surface area (Å²) in [6, 6.07) is 11.7. The van der Waals surface area contributed by atoms with Crippen LogP contribution in [0.25, 0.3) is 0 Å². The normalized spacial score (nSPS) is 10.5. The van der Waals surface area contributed by atoms with E-state index in [9.17, 15) is 0 Å². The fourth-order valence-corrected chi connectivity index (χ4v) is 2.20. The summed E-state index contributed by atoms with van der Waals surface area (Å²) in [4.78, 5) is 0. The zero-order chi connectivity index (χ0) is 15.8. The van der Waals surface area contributed by atoms with Crippen molar-refractivity contribution in [2.24, 2.45) is 0 Å². The van der Waals surface area contributed by atoms with E-state index in [1.165, 1.54) is 0 Å². The Morgan fingerprint density at radius 1 is 1.23 bits per heavy atom. The number of rotatable bonds is 7. The molecule has 0 fully saturated rings. The standard InChI is InChI=1S/C17H22N2O2S/c1-13(2)21-16-9-7-14(8-10-16)19-17(22)18-11-3-5-15-6-4-12-20-15/h4,6-10,12-13H,3,5,11H2,1-2H3,(H2,18,19,22). The van der Waals surface area contributed by atoms with E-state index in [0.29, 0.717) is 5.11 Å². The van der Waals surface area contributed by atoms with E-state index in [1.807, 2.05) is 50.2 Å². The molecule has 0 radical (unpaired) electrons. The van der Waals surface area contributed by atoms with Crippen LogP contribution >= 0.6 is 12.2 Å². The van der Waals surface area contributed by atoms with Crippen LogP contribution in [-0.2, 0) is 6.42 Å². The molecule has 0 aliphatic rings. The summed E-state index contributed by atoms with van der Waals surface area (Å²) in [6.07, 6.45) is 3.75. The number of hydrogen-bond donors (Lipinski definition) is 2. The van der Waals surface area contributed by atoms with Gasteiger partial charge in [-0.25, -0.2) is 0 Å². The third-order valence-corrected chi connectivity index (χ3v) is 3.20. The second kappa shape index (κ2) is 8.44. The van der Waals surface area contributed by atoms with E-state index in [-0.39, 0.29) is 6.10 Å². The number of benzene rings is 1. The lowest BCUT2D eigenvalue weighted by Gasteiger charge is -2.12. The highest BCUT2D eigenvalue weighted by Crippen LogP contribution is 2.16. The Hall–Kier alpha value is -2.01. The maximum Gasteiger partial charge on any atom is 0.170 e. The molecule has 0 bridgehead atoms. The van der Waals surface area contributed by atoms with Gasteiger partial charge in [-0.1, -0.05) is 0 Å². The van der Waals surface area contributed by atoms with Gasteiger partial charge in [-0.3, -0.25) is 0 Å². The molecule has 1 aromatic carbocycles. The first-order chi connectivity index (χ1) is 10.6. The van der Waals surface area contributed by atoms with Crippen molar-refractivity contribution in [1.82, 2.24) is 5.32 Å². The van der Waals surface area contributed by atoms with Crippen LogP contribution in [0.4, 0.5) is 5.69 Å². The van der Waals surface area contributed by atoms with Gasteiger partial charge in [0.15, 0.2) is 5.11 Å². The highest BCUT2D eigenvalue weighted by Gasteiger charge is 2.01. The van der Waals surface area contributed by atoms with Crippen molar-refractivity contribution >= 4 is 23.0 Å². The molecule has 118 valence electrons. The van der Waals surface area contributed by atoms with Crippen molar-refractivity contribution < 1.29 is 9.15 Å². The molecule has 0 saturated heterocycles. The van der Waals surface area contributed by atoms with Gasteiger partial charge in [0.2, 0.25) is 0 Å². The highest BCUT2D eigenvalue weighted by atomic mass is 32.1. The molecule has 0 atom stereocenters. The number of anilines is 1. The molecule has 1 aromatic heterocycles. The fourth-order valence-electron chi connectivity index (χ4n) is 1.98. The average Bonchev–Trinajstić information content (AvgIpc) is 2.98. The minimum absolute atomic E-state index is 0.177. The smallest absolute Gasteiger partial charge is 0.170 e. The first-order valence-electron chi connectivity index (χ1n) is 7.47. The van der Waals surface area contributed by atoms with Crippen LogP contribution in [0.5, 0.6) is 5.75 Å². The topological polar surface area (TPSA) is 46.4 Å². The molecule has 2 N–H and O–H groups in total. The van der Waals surface area contributed by atoms with Crippen molar-refractivity contribution in [3.63, 3.8) is 0 Å². The van der Waals surface area contributed by atoms with Crippen molar-refractivity contribution in [3.8, 4) is 5.75 Å². The van der Waals surface area contributed by atoms with E-state index in [0.717, 1.165) is 36.6 Å². The SMILES string of the molecule is CC(C)Oc1ccc(NC(=S)NCCCc2ccco2)cc1. The summed E-state index contributed by atoms with van der Waals surface area (Å²) in [5.74, 6) is 1.86. The minimum atomic E-state index is 0.177. The van der Waals surface area contributed by atoms with Crippen LogP contribution in [-0.4, -0.2) is 17.8 Å². The molecule has 22 heavy (non-hydrogen) atoms. The van der Waals surface area contributed by atoms with Crippen LogP contribution in [0.15, 0.2) is 47.1 Å². The Labute approximate surface area is 136 Å². The average molecular weight is 318 g/mol. The van der Waals surface area contributed by atoms with Gasteiger partial charge in [-0.15, -0.1) is 0 Å². The summed E-state index contributed by atoms with van der Waals surface area (Å²) in [7, 11) is 0. The van der Waals surface area contributed by atoms with E-state index in [2.05, 4.69) is 10.6 Å². The van der Waals surface area contributed by atoms with Crippen LogP contribution in [0, 0.1) is 0 Å². The second-order valence-electron chi connectivity index (χ2n) is 5.25. The second-order valence-corrected chi connectivity index (χ2v) is 5.66. The molecule has 0 aliphatic heterocycles. The van der Waals surface area contributed by atoms with Crippen LogP contribution in [0.1, 0.15) is 26.0 Å². The lowest BCUT2D eigenvalue weighted by atomic mass is 10.2. The lowest BCUT2D eigenvalue weighted by molar-refractivity contribution is 0.242. The van der Waals surface area contributed by atoms with Crippen LogP contribution in [0.2, 0.25) is 0 Å². The first kappa shape index (κ1) is 16.4. The molecule has 0 unspecified atom stereocenters. The van der Waals surface area contributed by atoms with Crippen molar-refractivity contribution in [2.45, 2.75) is 32.8 Å². The molecule has 2 rings (SSSR count). The van der Waals surface area contributed by atoms with Crippen molar-refractivity contribution in [3.05, 3.63) is 48.4 Å². The van der Waals surface area contributed by atoms with Gasteiger partial charge in [0.1, 0.15) is 11.5 Å². The number of thiocarbonyl (C=S) groups is 1. The van der Waals surface area contributed by atoms with Crippen molar-refractivity contribution in [2.75, 3.05) is 11.9 Å². The minimum Gasteiger partial charge on any atom is -0.491 e. The van der Waals surface area contributed by atoms with E-state index >= 15 is 0 Å². The Morgan fingerprint density at radius 3 is 2.64 bits per heavy atom. The molecule has 1 heterocycles. The summed E-state index contributed by atoms with van der Waals surface area (Å²) in [5, 5.41) is 6.97. The van der Waals surface area contributed by atoms with E-state index in [1.54, 1.807) is 6.26 Å². The Kier molecular flexibility index (Phi) is 6.27. The Morgan fingerprint density at radius 2 is 2.00 bits per heavy atom. The molecule has 0 spiro atoms. The highest BCUT2D eigenvalue weighted by molar-refractivity contribution is 7.80. The van der Waals surface area contributed by atoms with Gasteiger partial charge >= 0.3 is 0 Å². The monoisotopic (exact) mass is 318 g/mol. The predicted octanol–water partition coefficient (Wildman–Crippen LogP) is 3.99. The quantitative estimate of drug-likeness (QED) is 0.597. The van der Waals surface area contributed by atoms with Gasteiger partial charge < -0.3 is 19.8 Å². The zero-order valence-corrected chi connectivity index (χ0v) is 13.8. The molecule has 0 amide bonds. The molecular weight excluding hydrogens is 296 g/mol. The summed E-state index contributed by atoms with van der Waals surface area (Å²) in [6.45, 7) is 4.82. The van der Waals surface area contributed by atoms with E-state index in [4.69, 9.17) is 21.4 Å². The number of hydrogen-bond acceptors (Lipinski definition) is 3. The molecule has 0 saturated carbocycles. The van der Waals surface area contributed by atoms with Gasteiger partial charge in [-0.2, -0.15) is 0 Å². The Balaban J connectivity index is 1.68. The molecule has 0 aliphatic carbocycles. The lowest BCUT2D eigenvalue weighted by Crippen LogP contribution is -2.29. The summed E-state index contributed by atoms with van der Waals surface area (Å²) < 4.78 is 10.9. The molecule has 4 nitrogen and oxygen atoms in total. The summed E-state index contributed by atoms with van der Waals surface area (Å²) in [5.41, 5.74) is 0.944. The number of nitrogens with one attached hydrogen (secondary N) is 2. The van der Waals surface area contributed by atoms with Gasteiger partial charge in [-0.05, 0) is 68.9 Å². The molecule has 2 aromatic rings. The van der Waals surface area contributed by atoms with Crippen molar-refractivity contribution in [1.29, 1.82) is 0 Å². The first-order valence-corrected chi connectivity index (χ1v) is 7.88. The maximum atomic E-state index is 5.60. The van der Waals surface area contributed by atoms with Crippen LogP contribution in [0.3, 0.4) is 0 Å². The maximum absolute atomic E-state index is 5.60. The fraction of sp³-hybridized carbons (Fsp3) is 0.353. The van der Waals surface area contributed by atoms with Gasteiger partial charge in [0.05, 0.1) is 12.4 Å². The van der Waals surface area contributed by atoms with Gasteiger partial charge in [0.25, 0.3) is 0 Å². The number of aryl methyl sites for hydroxylation is 1. The van der Waals surface area contributed by atoms with Gasteiger partial charge in [0, 0.05) is 18.7 Å². The molecule has 5 heteroatoms. The van der Waals surface area contributed by atoms with Crippen LogP contribution < -0.4 is 15.4 Å². The largest absolute Gasteiger partial charge is 0.491 e. The third-order valence-electron chi connectivity index (χ3n) is 2.95. The van der Waals surface area contributed by atoms with E-state index < -0.39 is 0 Å². The number of furan rings is 1. The Bertz CT molecular complexity index is 565. The zero-order valence-electron chi connectivity index (χ0n) is 13.0. The summed E-state index contributed by atoms with van der Waals surface area (Å²) >= 11 is 5.28. The number of ether oxygens (including phenoxy) is 1. The predicted molar refractivity (Wildman–Crippen MR) is 93.5 cm³/mol. The molecular formula is C17H22N2O2S.